The second kappa shape index (κ2) is 4.03. The summed E-state index contributed by atoms with van der Waals surface area (Å²) in [6, 6.07) is 0. The van der Waals surface area contributed by atoms with Crippen LogP contribution in [0.3, 0.4) is 0 Å². The molecule has 0 spiro atoms. The summed E-state index contributed by atoms with van der Waals surface area (Å²) in [7, 11) is 0. The number of rotatable bonds is 2. The molecule has 3 atom stereocenters. The number of ether oxygens (including phenoxy) is 1. The van der Waals surface area contributed by atoms with Gasteiger partial charge in [-0.15, -0.1) is 0 Å². The van der Waals surface area contributed by atoms with Gasteiger partial charge in [0.2, 0.25) is 11.8 Å². The van der Waals surface area contributed by atoms with Gasteiger partial charge in [-0.25, -0.2) is 4.79 Å². The number of carboxylic acid groups (broad SMARTS) is 1. The van der Waals surface area contributed by atoms with Crippen LogP contribution in [0.5, 0.6) is 0 Å². The summed E-state index contributed by atoms with van der Waals surface area (Å²) >= 11 is 0. The van der Waals surface area contributed by atoms with Gasteiger partial charge in [-0.05, 0) is 18.8 Å². The number of hydrogen-bond acceptors (Lipinski definition) is 4. The number of aliphatic carboxylic acids is 1. The number of likely N-dealkylation sites (tertiary alicyclic amines) is 1. The smallest absolute Gasteiger partial charge is 0.332 e. The second-order valence-electron chi connectivity index (χ2n) is 5.94. The van der Waals surface area contributed by atoms with Crippen molar-refractivity contribution in [1.29, 1.82) is 0 Å². The van der Waals surface area contributed by atoms with E-state index in [1.54, 1.807) is 0 Å². The summed E-state index contributed by atoms with van der Waals surface area (Å²) in [5, 5.41) is 9.45. The predicted molar refractivity (Wildman–Crippen MR) is 63.0 cm³/mol. The Labute approximate surface area is 110 Å². The van der Waals surface area contributed by atoms with Crippen LogP contribution in [0.4, 0.5) is 0 Å². The molecule has 1 aliphatic carbocycles. The van der Waals surface area contributed by atoms with Crippen molar-refractivity contribution >= 4 is 17.8 Å². The number of carbonyl (C=O) groups is 3. The van der Waals surface area contributed by atoms with Gasteiger partial charge < -0.3 is 9.84 Å². The van der Waals surface area contributed by atoms with Gasteiger partial charge in [-0.3, -0.25) is 14.5 Å². The molecule has 104 valence electrons. The highest BCUT2D eigenvalue weighted by Crippen LogP contribution is 2.46. The predicted octanol–water partition coefficient (Wildman–Crippen LogP) is 0.261. The fraction of sp³-hybridized carbons (Fsp3) is 0.769. The number of imide groups is 1. The molecule has 2 heterocycles. The molecule has 3 unspecified atom stereocenters. The third-order valence-corrected chi connectivity index (χ3v) is 4.70. The van der Waals surface area contributed by atoms with Crippen LogP contribution in [0, 0.1) is 17.8 Å². The summed E-state index contributed by atoms with van der Waals surface area (Å²) in [4.78, 5) is 37.4. The van der Waals surface area contributed by atoms with Crippen LogP contribution in [0.15, 0.2) is 0 Å². The van der Waals surface area contributed by atoms with E-state index in [0.29, 0.717) is 18.8 Å². The van der Waals surface area contributed by atoms with Crippen molar-refractivity contribution in [1.82, 2.24) is 4.90 Å². The molecule has 0 aromatic rings. The highest BCUT2D eigenvalue weighted by Gasteiger charge is 2.61. The molecule has 3 fully saturated rings. The summed E-state index contributed by atoms with van der Waals surface area (Å²) < 4.78 is 5.15. The lowest BCUT2D eigenvalue weighted by molar-refractivity contribution is -0.164. The average molecular weight is 267 g/mol. The summed E-state index contributed by atoms with van der Waals surface area (Å²) in [5.41, 5.74) is -1.47. The van der Waals surface area contributed by atoms with Crippen LogP contribution in [-0.4, -0.2) is 46.5 Å². The van der Waals surface area contributed by atoms with Crippen LogP contribution in [0.25, 0.3) is 0 Å². The number of fused-ring (bicyclic) bond motifs is 1. The van der Waals surface area contributed by atoms with E-state index in [0.717, 1.165) is 4.90 Å². The highest BCUT2D eigenvalue weighted by atomic mass is 16.5. The van der Waals surface area contributed by atoms with Gasteiger partial charge >= 0.3 is 5.97 Å². The largest absolute Gasteiger partial charge is 0.479 e. The average Bonchev–Trinajstić information content (AvgIpc) is 3.00. The maximum atomic E-state index is 12.4. The molecule has 2 amide bonds. The fourth-order valence-corrected chi connectivity index (χ4v) is 3.69. The highest BCUT2D eigenvalue weighted by molar-refractivity contribution is 6.09. The van der Waals surface area contributed by atoms with Crippen molar-refractivity contribution in [3.05, 3.63) is 0 Å². The lowest BCUT2D eigenvalue weighted by atomic mass is 9.95. The Kier molecular flexibility index (Phi) is 2.67. The first-order valence-electron chi connectivity index (χ1n) is 6.66. The standard InChI is InChI=1S/C13H17NO5/c1-7-4-8-9(5-7)11(16)14(10(8)15)13(12(17)18)2-3-19-6-13/h7-9H,2-6H2,1H3,(H,17,18). The Balaban J connectivity index is 1.96. The molecule has 0 bridgehead atoms. The molecular weight excluding hydrogens is 250 g/mol. The SMILES string of the molecule is CC1CC2C(=O)N(C3(C(=O)O)CCOC3)C(=O)C2C1. The molecule has 0 radical (unpaired) electrons. The van der Waals surface area contributed by atoms with E-state index in [1.807, 2.05) is 6.92 Å². The lowest BCUT2D eigenvalue weighted by Crippen LogP contribution is -2.58. The number of hydrogen-bond donors (Lipinski definition) is 1. The van der Waals surface area contributed by atoms with E-state index in [1.165, 1.54) is 0 Å². The Bertz CT molecular complexity index is 430. The molecule has 1 saturated carbocycles. The van der Waals surface area contributed by atoms with Crippen LogP contribution in [0.1, 0.15) is 26.2 Å². The molecule has 2 aliphatic heterocycles. The van der Waals surface area contributed by atoms with Crippen molar-refractivity contribution in [2.45, 2.75) is 31.7 Å². The zero-order valence-corrected chi connectivity index (χ0v) is 10.8. The topological polar surface area (TPSA) is 83.9 Å². The Hall–Kier alpha value is -1.43. The third-order valence-electron chi connectivity index (χ3n) is 4.70. The number of nitrogens with zero attached hydrogens (tertiary/aromatic N) is 1. The first kappa shape index (κ1) is 12.6. The molecule has 6 heteroatoms. The van der Waals surface area contributed by atoms with Gasteiger partial charge in [-0.2, -0.15) is 0 Å². The molecule has 19 heavy (non-hydrogen) atoms. The van der Waals surface area contributed by atoms with E-state index < -0.39 is 11.5 Å². The molecule has 2 saturated heterocycles. The summed E-state index contributed by atoms with van der Waals surface area (Å²) in [6.07, 6.45) is 1.55. The summed E-state index contributed by atoms with van der Waals surface area (Å²) in [5.74, 6) is -2.05. The van der Waals surface area contributed by atoms with Crippen LogP contribution in [0.2, 0.25) is 0 Å². The first-order valence-corrected chi connectivity index (χ1v) is 6.66. The second-order valence-corrected chi connectivity index (χ2v) is 5.94. The van der Waals surface area contributed by atoms with Gasteiger partial charge in [0.15, 0.2) is 5.54 Å². The molecule has 3 aliphatic rings. The Morgan fingerprint density at radius 3 is 2.32 bits per heavy atom. The van der Waals surface area contributed by atoms with Crippen molar-refractivity contribution in [3.8, 4) is 0 Å². The monoisotopic (exact) mass is 267 g/mol. The maximum absolute atomic E-state index is 12.4. The minimum absolute atomic E-state index is 0.0885. The Morgan fingerprint density at radius 2 is 1.89 bits per heavy atom. The van der Waals surface area contributed by atoms with E-state index >= 15 is 0 Å². The maximum Gasteiger partial charge on any atom is 0.332 e. The van der Waals surface area contributed by atoms with Crippen LogP contribution < -0.4 is 0 Å². The lowest BCUT2D eigenvalue weighted by Gasteiger charge is -2.32. The molecule has 1 N–H and O–H groups in total. The zero-order valence-electron chi connectivity index (χ0n) is 10.8. The van der Waals surface area contributed by atoms with E-state index in [2.05, 4.69) is 0 Å². The normalized spacial score (nSPS) is 41.9. The quantitative estimate of drug-likeness (QED) is 0.726. The Morgan fingerprint density at radius 1 is 1.32 bits per heavy atom. The minimum atomic E-state index is -1.47. The number of amides is 2. The van der Waals surface area contributed by atoms with Gasteiger partial charge in [-0.1, -0.05) is 6.92 Å². The molecular formula is C13H17NO5. The van der Waals surface area contributed by atoms with E-state index in [9.17, 15) is 19.5 Å². The van der Waals surface area contributed by atoms with Crippen molar-refractivity contribution in [2.24, 2.45) is 17.8 Å². The van der Waals surface area contributed by atoms with Crippen molar-refractivity contribution in [3.63, 3.8) is 0 Å². The van der Waals surface area contributed by atoms with Crippen LogP contribution >= 0.6 is 0 Å². The minimum Gasteiger partial charge on any atom is -0.479 e. The fourth-order valence-electron chi connectivity index (χ4n) is 3.69. The zero-order chi connectivity index (χ0) is 13.8. The van der Waals surface area contributed by atoms with Gasteiger partial charge in [0.25, 0.3) is 0 Å². The number of carbonyl (C=O) groups excluding carboxylic acids is 2. The van der Waals surface area contributed by atoms with Crippen LogP contribution in [-0.2, 0) is 19.1 Å². The van der Waals surface area contributed by atoms with Gasteiger partial charge in [0, 0.05) is 13.0 Å². The van der Waals surface area contributed by atoms with E-state index in [4.69, 9.17) is 4.74 Å². The molecule has 0 aromatic carbocycles. The molecule has 6 nitrogen and oxygen atoms in total. The number of carboxylic acids is 1. The van der Waals surface area contributed by atoms with Gasteiger partial charge in [0.1, 0.15) is 0 Å². The van der Waals surface area contributed by atoms with Gasteiger partial charge in [0.05, 0.1) is 18.4 Å². The van der Waals surface area contributed by atoms with E-state index in [-0.39, 0.29) is 43.3 Å². The molecule has 0 aromatic heterocycles. The third kappa shape index (κ3) is 1.55. The van der Waals surface area contributed by atoms with Crippen molar-refractivity contribution in [2.75, 3.05) is 13.2 Å². The molecule has 3 rings (SSSR count). The summed E-state index contributed by atoms with van der Waals surface area (Å²) in [6.45, 7) is 2.21. The first-order chi connectivity index (χ1) is 8.97. The van der Waals surface area contributed by atoms with Crippen molar-refractivity contribution < 1.29 is 24.2 Å².